The van der Waals surface area contributed by atoms with Crippen LogP contribution in [0.2, 0.25) is 5.02 Å². The Labute approximate surface area is 168 Å². The van der Waals surface area contributed by atoms with Crippen molar-refractivity contribution in [2.45, 2.75) is 23.8 Å². The lowest BCUT2D eigenvalue weighted by Gasteiger charge is -2.13. The number of hydrogen-bond donors (Lipinski definition) is 3. The van der Waals surface area contributed by atoms with E-state index in [1.165, 1.54) is 38.5 Å². The molecule has 1 aliphatic carbocycles. The van der Waals surface area contributed by atoms with Crippen LogP contribution in [0.5, 0.6) is 11.5 Å². The summed E-state index contributed by atoms with van der Waals surface area (Å²) in [5.41, 5.74) is 6.04. The van der Waals surface area contributed by atoms with E-state index in [0.717, 1.165) is 12.8 Å². The molecule has 3 N–H and O–H groups in total. The Bertz CT molecular complexity index is 975. The summed E-state index contributed by atoms with van der Waals surface area (Å²) < 4.78 is 37.2. The van der Waals surface area contributed by atoms with E-state index in [1.54, 1.807) is 12.1 Å². The summed E-state index contributed by atoms with van der Waals surface area (Å²) in [6.45, 7) is 0. The number of ether oxygens (including phenoxy) is 2. The Morgan fingerprint density at radius 3 is 2.36 bits per heavy atom. The van der Waals surface area contributed by atoms with E-state index in [-0.39, 0.29) is 21.5 Å². The number of carbonyl (C=O) groups is 1. The van der Waals surface area contributed by atoms with Gasteiger partial charge in [0.1, 0.15) is 0 Å². The molecule has 1 fully saturated rings. The van der Waals surface area contributed by atoms with Gasteiger partial charge in [-0.15, -0.1) is 0 Å². The second kappa shape index (κ2) is 8.26. The summed E-state index contributed by atoms with van der Waals surface area (Å²) in [6.07, 6.45) is 1.73. The Kier molecular flexibility index (Phi) is 5.97. The van der Waals surface area contributed by atoms with Gasteiger partial charge in [0, 0.05) is 11.6 Å². The van der Waals surface area contributed by atoms with Crippen LogP contribution in [-0.4, -0.2) is 34.6 Å². The molecule has 10 heteroatoms. The van der Waals surface area contributed by atoms with Crippen molar-refractivity contribution in [3.05, 3.63) is 47.0 Å². The average molecular weight is 426 g/mol. The molecule has 8 nitrogen and oxygen atoms in total. The van der Waals surface area contributed by atoms with Crippen LogP contribution in [0.3, 0.4) is 0 Å². The molecule has 2 aromatic carbocycles. The second-order valence-corrected chi connectivity index (χ2v) is 8.31. The summed E-state index contributed by atoms with van der Waals surface area (Å²) in [4.78, 5) is 12.5. The minimum absolute atomic E-state index is 0.0374. The number of sulfonamides is 1. The highest BCUT2D eigenvalue weighted by Crippen LogP contribution is 2.36. The van der Waals surface area contributed by atoms with Crippen LogP contribution in [0.15, 0.2) is 41.3 Å². The minimum atomic E-state index is -3.51. The third kappa shape index (κ3) is 4.67. The molecule has 0 unspecified atom stereocenters. The van der Waals surface area contributed by atoms with Gasteiger partial charge in [-0.2, -0.15) is 0 Å². The van der Waals surface area contributed by atoms with Gasteiger partial charge < -0.3 is 9.47 Å². The quantitative estimate of drug-likeness (QED) is 0.561. The summed E-state index contributed by atoms with van der Waals surface area (Å²) in [6, 6.07) is 9.04. The molecule has 0 spiro atoms. The number of amides is 1. The van der Waals surface area contributed by atoms with E-state index in [4.69, 9.17) is 21.1 Å². The molecule has 1 amide bonds. The summed E-state index contributed by atoms with van der Waals surface area (Å²) >= 11 is 6.11. The molecule has 3 rings (SSSR count). The molecule has 2 aromatic rings. The third-order valence-corrected chi connectivity index (χ3v) is 5.90. The Morgan fingerprint density at radius 1 is 1.11 bits per heavy atom. The number of halogens is 1. The topological polar surface area (TPSA) is 106 Å². The fourth-order valence-electron chi connectivity index (χ4n) is 2.46. The van der Waals surface area contributed by atoms with E-state index in [0.29, 0.717) is 17.2 Å². The summed E-state index contributed by atoms with van der Waals surface area (Å²) in [5, 5.41) is 0.240. The summed E-state index contributed by atoms with van der Waals surface area (Å²) in [5.74, 6) is 0.220. The van der Waals surface area contributed by atoms with Crippen LogP contribution in [-0.2, 0) is 10.0 Å². The lowest BCUT2D eigenvalue weighted by Crippen LogP contribution is -2.29. The Hall–Kier alpha value is -2.49. The van der Waals surface area contributed by atoms with Crippen molar-refractivity contribution in [3.8, 4) is 11.5 Å². The van der Waals surface area contributed by atoms with Gasteiger partial charge in [0.15, 0.2) is 11.5 Å². The molecular formula is C18H20ClN3O5S. The molecule has 0 bridgehead atoms. The van der Waals surface area contributed by atoms with Gasteiger partial charge in [-0.3, -0.25) is 15.6 Å². The molecule has 0 heterocycles. The molecule has 150 valence electrons. The monoisotopic (exact) mass is 425 g/mol. The predicted molar refractivity (Wildman–Crippen MR) is 105 cm³/mol. The lowest BCUT2D eigenvalue weighted by molar-refractivity contribution is 0.0962. The first-order chi connectivity index (χ1) is 13.3. The molecule has 28 heavy (non-hydrogen) atoms. The average Bonchev–Trinajstić information content (AvgIpc) is 3.49. The second-order valence-electron chi connectivity index (χ2n) is 6.19. The van der Waals surface area contributed by atoms with Gasteiger partial charge in [0.05, 0.1) is 29.8 Å². The fourth-order valence-corrected chi connectivity index (χ4v) is 4.05. The number of rotatable bonds is 8. The molecule has 0 aliphatic heterocycles. The lowest BCUT2D eigenvalue weighted by atomic mass is 10.2. The standard InChI is InChI=1S/C18H20ClN3O5S/c1-26-16-10-11(9-15(19)17(16)27-2)18(23)21-20-12-5-7-14(8-6-12)28(24,25)22-13-3-4-13/h5-10,13,20,22H,3-4H2,1-2H3,(H,21,23). The van der Waals surface area contributed by atoms with E-state index >= 15 is 0 Å². The van der Waals surface area contributed by atoms with Gasteiger partial charge >= 0.3 is 0 Å². The number of anilines is 1. The van der Waals surface area contributed by atoms with Gasteiger partial charge in [-0.1, -0.05) is 11.6 Å². The van der Waals surface area contributed by atoms with Gasteiger partial charge in [0.25, 0.3) is 5.91 Å². The highest BCUT2D eigenvalue weighted by Gasteiger charge is 2.27. The number of carbonyl (C=O) groups excluding carboxylic acids is 1. The molecule has 0 radical (unpaired) electrons. The van der Waals surface area contributed by atoms with Gasteiger partial charge in [0.2, 0.25) is 10.0 Å². The van der Waals surface area contributed by atoms with Gasteiger partial charge in [-0.05, 0) is 49.2 Å². The highest BCUT2D eigenvalue weighted by atomic mass is 35.5. The maximum absolute atomic E-state index is 12.4. The number of benzene rings is 2. The van der Waals surface area contributed by atoms with Crippen molar-refractivity contribution in [2.24, 2.45) is 0 Å². The van der Waals surface area contributed by atoms with E-state index in [9.17, 15) is 13.2 Å². The molecule has 1 aliphatic rings. The van der Waals surface area contributed by atoms with Crippen LogP contribution >= 0.6 is 11.6 Å². The van der Waals surface area contributed by atoms with Crippen LogP contribution in [0.4, 0.5) is 5.69 Å². The highest BCUT2D eigenvalue weighted by molar-refractivity contribution is 7.89. The Balaban J connectivity index is 1.65. The van der Waals surface area contributed by atoms with Crippen molar-refractivity contribution in [1.82, 2.24) is 10.1 Å². The van der Waals surface area contributed by atoms with E-state index in [2.05, 4.69) is 15.6 Å². The third-order valence-electron chi connectivity index (χ3n) is 4.08. The van der Waals surface area contributed by atoms with Crippen molar-refractivity contribution < 1.29 is 22.7 Å². The van der Waals surface area contributed by atoms with Crippen molar-refractivity contribution in [2.75, 3.05) is 19.6 Å². The van der Waals surface area contributed by atoms with Crippen molar-refractivity contribution >= 4 is 33.2 Å². The number of hydrazine groups is 1. The largest absolute Gasteiger partial charge is 0.493 e. The maximum Gasteiger partial charge on any atom is 0.269 e. The first-order valence-corrected chi connectivity index (χ1v) is 10.3. The van der Waals surface area contributed by atoms with Crippen LogP contribution < -0.4 is 25.0 Å². The molecule has 0 atom stereocenters. The normalized spacial score (nSPS) is 13.7. The van der Waals surface area contributed by atoms with Crippen LogP contribution in [0.1, 0.15) is 23.2 Å². The maximum atomic E-state index is 12.4. The minimum Gasteiger partial charge on any atom is -0.493 e. The first kappa shape index (κ1) is 20.2. The fraction of sp³-hybridized carbons (Fsp3) is 0.278. The zero-order chi connectivity index (χ0) is 20.3. The smallest absolute Gasteiger partial charge is 0.269 e. The van der Waals surface area contributed by atoms with Crippen molar-refractivity contribution in [3.63, 3.8) is 0 Å². The molecule has 0 saturated heterocycles. The molecular weight excluding hydrogens is 406 g/mol. The zero-order valence-corrected chi connectivity index (χ0v) is 16.9. The molecule has 0 aromatic heterocycles. The first-order valence-electron chi connectivity index (χ1n) is 8.44. The van der Waals surface area contributed by atoms with Crippen molar-refractivity contribution in [1.29, 1.82) is 0 Å². The number of nitrogens with one attached hydrogen (secondary N) is 3. The van der Waals surface area contributed by atoms with E-state index < -0.39 is 15.9 Å². The summed E-state index contributed by atoms with van der Waals surface area (Å²) in [7, 11) is -0.613. The SMILES string of the molecule is COc1cc(C(=O)NNc2ccc(S(=O)(=O)NC3CC3)cc2)cc(Cl)c1OC. The predicted octanol–water partition coefficient (Wildman–Crippen LogP) is 2.55. The number of hydrogen-bond acceptors (Lipinski definition) is 6. The zero-order valence-electron chi connectivity index (χ0n) is 15.3. The van der Waals surface area contributed by atoms with E-state index in [1.807, 2.05) is 0 Å². The van der Waals surface area contributed by atoms with Gasteiger partial charge in [-0.25, -0.2) is 13.1 Å². The number of methoxy groups -OCH3 is 2. The van der Waals surface area contributed by atoms with Crippen LogP contribution in [0.25, 0.3) is 0 Å². The molecule has 1 saturated carbocycles. The Morgan fingerprint density at radius 2 is 1.79 bits per heavy atom. The van der Waals surface area contributed by atoms with Crippen LogP contribution in [0, 0.1) is 0 Å².